The van der Waals surface area contributed by atoms with Crippen LogP contribution in [0.5, 0.6) is 0 Å². The molecule has 34 heavy (non-hydrogen) atoms. The van der Waals surface area contributed by atoms with Crippen LogP contribution in [-0.2, 0) is 4.79 Å². The van der Waals surface area contributed by atoms with Gasteiger partial charge < -0.3 is 15.5 Å². The number of rotatable bonds is 5. The van der Waals surface area contributed by atoms with E-state index in [0.29, 0.717) is 43.4 Å². The third-order valence-corrected chi connectivity index (χ3v) is 5.67. The van der Waals surface area contributed by atoms with Gasteiger partial charge in [0.2, 0.25) is 5.91 Å². The van der Waals surface area contributed by atoms with E-state index in [1.807, 2.05) is 4.90 Å². The molecule has 1 fully saturated rings. The van der Waals surface area contributed by atoms with Crippen molar-refractivity contribution in [2.75, 3.05) is 36.8 Å². The van der Waals surface area contributed by atoms with Crippen LogP contribution in [0, 0.1) is 18.6 Å². The maximum Gasteiger partial charge on any atom is 0.321 e. The molecule has 3 aromatic rings. The maximum absolute atomic E-state index is 14.2. The Kier molecular flexibility index (Phi) is 6.77. The lowest BCUT2D eigenvalue weighted by Gasteiger charge is -2.37. The van der Waals surface area contributed by atoms with Gasteiger partial charge >= 0.3 is 6.03 Å². The molecule has 4 rings (SSSR count). The molecule has 0 spiro atoms. The Hall–Kier alpha value is -3.93. The van der Waals surface area contributed by atoms with Crippen molar-refractivity contribution in [3.8, 4) is 5.69 Å². The van der Waals surface area contributed by atoms with Gasteiger partial charge in [0.05, 0.1) is 6.04 Å². The maximum atomic E-state index is 14.2. The highest BCUT2D eigenvalue weighted by Gasteiger charge is 2.28. The molecule has 0 bridgehead atoms. The predicted octanol–water partition coefficient (Wildman–Crippen LogP) is 2.43. The standard InChI is InChI=1S/C22H24F2N8O2/c1-14(21(33)25-17-5-3-4-16(23)12-17)30-8-10-31(11-9-30)22(34)26-18-6-7-19(24)20(13-18)32-15(2)27-28-29-32/h3-7,12-14H,8-11H2,1-2H3,(H,25,33)(H,26,34). The summed E-state index contributed by atoms with van der Waals surface area (Å²) in [6.45, 7) is 5.20. The van der Waals surface area contributed by atoms with E-state index in [2.05, 4.69) is 26.2 Å². The first-order valence-electron chi connectivity index (χ1n) is 10.7. The Morgan fingerprint density at radius 3 is 2.41 bits per heavy atom. The Morgan fingerprint density at radius 1 is 1.00 bits per heavy atom. The van der Waals surface area contributed by atoms with Gasteiger partial charge in [0.1, 0.15) is 17.3 Å². The van der Waals surface area contributed by atoms with Gasteiger partial charge in [-0.2, -0.15) is 4.68 Å². The van der Waals surface area contributed by atoms with Gasteiger partial charge in [-0.05, 0) is 60.7 Å². The summed E-state index contributed by atoms with van der Waals surface area (Å²) in [7, 11) is 0. The third kappa shape index (κ3) is 5.17. The van der Waals surface area contributed by atoms with E-state index in [4.69, 9.17) is 0 Å². The highest BCUT2D eigenvalue weighted by atomic mass is 19.1. The summed E-state index contributed by atoms with van der Waals surface area (Å²) in [5.74, 6) is -0.784. The smallest absolute Gasteiger partial charge is 0.321 e. The van der Waals surface area contributed by atoms with Gasteiger partial charge in [-0.1, -0.05) is 6.07 Å². The number of carbonyl (C=O) groups excluding carboxylic acids is 2. The SMILES string of the molecule is Cc1nnnn1-c1cc(NC(=O)N2CCN(C(C)C(=O)Nc3cccc(F)c3)CC2)ccc1F. The van der Waals surface area contributed by atoms with Crippen LogP contribution in [-0.4, -0.2) is 74.2 Å². The second-order valence-corrected chi connectivity index (χ2v) is 7.93. The first-order valence-corrected chi connectivity index (χ1v) is 10.7. The van der Waals surface area contributed by atoms with Crippen molar-refractivity contribution in [2.45, 2.75) is 19.9 Å². The summed E-state index contributed by atoms with van der Waals surface area (Å²) in [5, 5.41) is 16.5. The van der Waals surface area contributed by atoms with Crippen molar-refractivity contribution in [2.24, 2.45) is 0 Å². The number of urea groups is 1. The number of halogens is 2. The first-order chi connectivity index (χ1) is 16.3. The number of aryl methyl sites for hydroxylation is 1. The number of tetrazole rings is 1. The minimum Gasteiger partial charge on any atom is -0.325 e. The number of hydrogen-bond acceptors (Lipinski definition) is 6. The first kappa shape index (κ1) is 23.2. The van der Waals surface area contributed by atoms with Gasteiger partial charge in [0.25, 0.3) is 0 Å². The molecule has 178 valence electrons. The van der Waals surface area contributed by atoms with Gasteiger partial charge in [-0.25, -0.2) is 13.6 Å². The van der Waals surface area contributed by atoms with Gasteiger partial charge in [0.15, 0.2) is 5.82 Å². The number of benzene rings is 2. The molecule has 0 radical (unpaired) electrons. The van der Waals surface area contributed by atoms with E-state index in [0.717, 1.165) is 0 Å². The second-order valence-electron chi connectivity index (χ2n) is 7.93. The van der Waals surface area contributed by atoms with Crippen LogP contribution in [0.1, 0.15) is 12.7 Å². The van der Waals surface area contributed by atoms with Gasteiger partial charge in [-0.3, -0.25) is 9.69 Å². The lowest BCUT2D eigenvalue weighted by Crippen LogP contribution is -2.54. The highest BCUT2D eigenvalue weighted by Crippen LogP contribution is 2.20. The lowest BCUT2D eigenvalue weighted by molar-refractivity contribution is -0.121. The fourth-order valence-corrected chi connectivity index (χ4v) is 3.70. The zero-order valence-electron chi connectivity index (χ0n) is 18.7. The van der Waals surface area contributed by atoms with Crippen LogP contribution in [0.15, 0.2) is 42.5 Å². The summed E-state index contributed by atoms with van der Waals surface area (Å²) in [6.07, 6.45) is 0. The summed E-state index contributed by atoms with van der Waals surface area (Å²) < 4.78 is 28.8. The fraction of sp³-hybridized carbons (Fsp3) is 0.318. The molecule has 1 saturated heterocycles. The third-order valence-electron chi connectivity index (χ3n) is 5.67. The fourth-order valence-electron chi connectivity index (χ4n) is 3.70. The largest absolute Gasteiger partial charge is 0.325 e. The Balaban J connectivity index is 1.32. The van der Waals surface area contributed by atoms with E-state index in [1.165, 1.54) is 41.1 Å². The quantitative estimate of drug-likeness (QED) is 0.593. The van der Waals surface area contributed by atoms with Crippen molar-refractivity contribution in [3.63, 3.8) is 0 Å². The van der Waals surface area contributed by atoms with E-state index >= 15 is 0 Å². The van der Waals surface area contributed by atoms with Crippen molar-refractivity contribution in [1.82, 2.24) is 30.0 Å². The molecule has 1 atom stereocenters. The molecule has 12 heteroatoms. The number of anilines is 2. The zero-order chi connectivity index (χ0) is 24.2. The molecule has 0 saturated carbocycles. The Morgan fingerprint density at radius 2 is 1.74 bits per heavy atom. The van der Waals surface area contributed by atoms with E-state index < -0.39 is 17.7 Å². The Bertz CT molecular complexity index is 1190. The van der Waals surface area contributed by atoms with Crippen molar-refractivity contribution in [3.05, 3.63) is 59.9 Å². The Labute approximate surface area is 194 Å². The number of piperazine rings is 1. The van der Waals surface area contributed by atoms with Crippen molar-refractivity contribution < 1.29 is 18.4 Å². The molecule has 1 aliphatic heterocycles. The number of carbonyl (C=O) groups is 2. The predicted molar refractivity (Wildman–Crippen MR) is 121 cm³/mol. The minimum atomic E-state index is -0.521. The van der Waals surface area contributed by atoms with Gasteiger partial charge in [-0.15, -0.1) is 5.10 Å². The van der Waals surface area contributed by atoms with Gasteiger partial charge in [0, 0.05) is 37.6 Å². The molecular formula is C22H24F2N8O2. The molecule has 1 aromatic heterocycles. The molecular weight excluding hydrogens is 446 g/mol. The zero-order valence-corrected chi connectivity index (χ0v) is 18.7. The summed E-state index contributed by atoms with van der Waals surface area (Å²) in [5.41, 5.74) is 0.926. The highest BCUT2D eigenvalue weighted by molar-refractivity contribution is 5.94. The molecule has 1 aliphatic rings. The topological polar surface area (TPSA) is 108 Å². The molecule has 1 unspecified atom stereocenters. The van der Waals surface area contributed by atoms with Crippen LogP contribution in [0.3, 0.4) is 0 Å². The monoisotopic (exact) mass is 470 g/mol. The normalized spacial score (nSPS) is 15.1. The summed E-state index contributed by atoms with van der Waals surface area (Å²) in [6, 6.07) is 9.10. The summed E-state index contributed by atoms with van der Waals surface area (Å²) in [4.78, 5) is 28.9. The molecule has 3 amide bonds. The molecule has 2 N–H and O–H groups in total. The number of nitrogens with one attached hydrogen (secondary N) is 2. The van der Waals surface area contributed by atoms with E-state index in [1.54, 1.807) is 24.8 Å². The summed E-state index contributed by atoms with van der Waals surface area (Å²) >= 11 is 0. The van der Waals surface area contributed by atoms with Crippen molar-refractivity contribution in [1.29, 1.82) is 0 Å². The van der Waals surface area contributed by atoms with Crippen LogP contribution >= 0.6 is 0 Å². The molecule has 2 aromatic carbocycles. The molecule has 10 nitrogen and oxygen atoms in total. The van der Waals surface area contributed by atoms with Crippen molar-refractivity contribution >= 4 is 23.3 Å². The van der Waals surface area contributed by atoms with E-state index in [9.17, 15) is 18.4 Å². The lowest BCUT2D eigenvalue weighted by atomic mass is 10.2. The van der Waals surface area contributed by atoms with Crippen LogP contribution in [0.25, 0.3) is 5.69 Å². The average Bonchev–Trinajstić information content (AvgIpc) is 3.25. The van der Waals surface area contributed by atoms with E-state index in [-0.39, 0.29) is 17.6 Å². The number of aromatic nitrogens is 4. The average molecular weight is 470 g/mol. The number of hydrogen-bond donors (Lipinski definition) is 2. The molecule has 0 aliphatic carbocycles. The minimum absolute atomic E-state index is 0.128. The van der Waals surface area contributed by atoms with Crippen LogP contribution in [0.4, 0.5) is 25.0 Å². The number of amides is 3. The second kappa shape index (κ2) is 9.91. The molecule has 2 heterocycles. The van der Waals surface area contributed by atoms with Crippen LogP contribution in [0.2, 0.25) is 0 Å². The number of nitrogens with zero attached hydrogens (tertiary/aromatic N) is 6. The van der Waals surface area contributed by atoms with Crippen LogP contribution < -0.4 is 10.6 Å².